The summed E-state index contributed by atoms with van der Waals surface area (Å²) in [5.41, 5.74) is 6.48. The molecular weight excluding hydrogens is 254 g/mol. The van der Waals surface area contributed by atoms with Gasteiger partial charge in [-0.15, -0.1) is 0 Å². The van der Waals surface area contributed by atoms with Gasteiger partial charge in [0.25, 0.3) is 5.91 Å². The predicted octanol–water partition coefficient (Wildman–Crippen LogP) is 1.50. The fourth-order valence-corrected chi connectivity index (χ4v) is 2.56. The van der Waals surface area contributed by atoms with Crippen LogP contribution in [-0.2, 0) is 10.3 Å². The smallest absolute Gasteiger partial charge is 0.325 e. The second-order valence-electron chi connectivity index (χ2n) is 5.15. The van der Waals surface area contributed by atoms with Crippen molar-refractivity contribution in [3.05, 3.63) is 35.4 Å². The normalized spacial score (nSPS) is 22.2. The average molecular weight is 275 g/mol. The van der Waals surface area contributed by atoms with Gasteiger partial charge in [0.05, 0.1) is 0 Å². The van der Waals surface area contributed by atoms with E-state index in [0.717, 1.165) is 11.1 Å². The number of benzene rings is 1. The van der Waals surface area contributed by atoms with Crippen molar-refractivity contribution in [1.29, 1.82) is 0 Å². The number of imide groups is 1. The lowest BCUT2D eigenvalue weighted by Gasteiger charge is -2.26. The van der Waals surface area contributed by atoms with E-state index in [0.29, 0.717) is 25.9 Å². The molecule has 1 aliphatic rings. The van der Waals surface area contributed by atoms with E-state index < -0.39 is 5.54 Å². The van der Waals surface area contributed by atoms with Gasteiger partial charge in [-0.25, -0.2) is 4.79 Å². The maximum absolute atomic E-state index is 12.7. The molecule has 20 heavy (non-hydrogen) atoms. The molecule has 3 N–H and O–H groups in total. The number of carbonyl (C=O) groups excluding carboxylic acids is 2. The standard InChI is InChI=1S/C15H21N3O2/c1-3-15(12-7-5-11(2)6-8-12)13(19)18(10-4-9-16)14(20)17-15/h5-8H,3-4,9-10,16H2,1-2H3,(H,17,20). The van der Waals surface area contributed by atoms with Crippen molar-refractivity contribution in [2.45, 2.75) is 32.2 Å². The second-order valence-corrected chi connectivity index (χ2v) is 5.15. The Balaban J connectivity index is 2.34. The van der Waals surface area contributed by atoms with Crippen LogP contribution in [0.1, 0.15) is 30.9 Å². The molecule has 1 unspecified atom stereocenters. The topological polar surface area (TPSA) is 75.4 Å². The third-order valence-electron chi connectivity index (χ3n) is 3.84. The Morgan fingerprint density at radius 3 is 2.45 bits per heavy atom. The molecule has 0 radical (unpaired) electrons. The fraction of sp³-hybridized carbons (Fsp3) is 0.467. The van der Waals surface area contributed by atoms with Crippen molar-refractivity contribution in [3.63, 3.8) is 0 Å². The van der Waals surface area contributed by atoms with Crippen LogP contribution in [0.25, 0.3) is 0 Å². The van der Waals surface area contributed by atoms with Crippen molar-refractivity contribution < 1.29 is 9.59 Å². The average Bonchev–Trinajstić information content (AvgIpc) is 2.69. The van der Waals surface area contributed by atoms with Crippen LogP contribution in [-0.4, -0.2) is 29.9 Å². The Hall–Kier alpha value is -1.88. The van der Waals surface area contributed by atoms with Crippen LogP contribution < -0.4 is 11.1 Å². The highest BCUT2D eigenvalue weighted by Gasteiger charge is 2.50. The number of nitrogens with one attached hydrogen (secondary N) is 1. The number of amides is 3. The minimum atomic E-state index is -0.931. The summed E-state index contributed by atoms with van der Waals surface area (Å²) in [4.78, 5) is 26.0. The van der Waals surface area contributed by atoms with Gasteiger partial charge in [0.15, 0.2) is 0 Å². The SMILES string of the molecule is CCC1(c2ccc(C)cc2)NC(=O)N(CCCN)C1=O. The molecule has 0 bridgehead atoms. The number of rotatable bonds is 5. The first kappa shape index (κ1) is 14.5. The van der Waals surface area contributed by atoms with Crippen LogP contribution >= 0.6 is 0 Å². The van der Waals surface area contributed by atoms with Gasteiger partial charge in [-0.05, 0) is 31.9 Å². The van der Waals surface area contributed by atoms with Gasteiger partial charge in [-0.2, -0.15) is 0 Å². The molecule has 0 aromatic heterocycles. The molecule has 1 aliphatic heterocycles. The molecule has 108 valence electrons. The maximum atomic E-state index is 12.7. The lowest BCUT2D eigenvalue weighted by atomic mass is 9.86. The molecule has 5 heteroatoms. The Morgan fingerprint density at radius 2 is 1.90 bits per heavy atom. The number of carbonyl (C=O) groups is 2. The molecule has 1 saturated heterocycles. The zero-order chi connectivity index (χ0) is 14.8. The maximum Gasteiger partial charge on any atom is 0.325 e. The van der Waals surface area contributed by atoms with Crippen molar-refractivity contribution in [2.24, 2.45) is 5.73 Å². The van der Waals surface area contributed by atoms with Gasteiger partial charge in [-0.3, -0.25) is 9.69 Å². The van der Waals surface area contributed by atoms with E-state index in [2.05, 4.69) is 5.32 Å². The summed E-state index contributed by atoms with van der Waals surface area (Å²) in [7, 11) is 0. The minimum Gasteiger partial charge on any atom is -0.330 e. The molecular formula is C15H21N3O2. The van der Waals surface area contributed by atoms with Gasteiger partial charge in [0.2, 0.25) is 0 Å². The molecule has 1 fully saturated rings. The van der Waals surface area contributed by atoms with E-state index in [-0.39, 0.29) is 11.9 Å². The number of hydrogen-bond acceptors (Lipinski definition) is 3. The van der Waals surface area contributed by atoms with Gasteiger partial charge in [0, 0.05) is 6.54 Å². The highest BCUT2D eigenvalue weighted by molar-refractivity contribution is 6.07. The van der Waals surface area contributed by atoms with E-state index in [9.17, 15) is 9.59 Å². The minimum absolute atomic E-state index is 0.178. The van der Waals surface area contributed by atoms with Gasteiger partial charge >= 0.3 is 6.03 Å². The molecule has 5 nitrogen and oxygen atoms in total. The van der Waals surface area contributed by atoms with Crippen LogP contribution in [0.5, 0.6) is 0 Å². The molecule has 3 amide bonds. The molecule has 1 aromatic rings. The van der Waals surface area contributed by atoms with E-state index in [1.165, 1.54) is 4.90 Å². The van der Waals surface area contributed by atoms with E-state index in [4.69, 9.17) is 5.73 Å². The summed E-state index contributed by atoms with van der Waals surface area (Å²) in [5.74, 6) is -0.178. The fourth-order valence-electron chi connectivity index (χ4n) is 2.56. The lowest BCUT2D eigenvalue weighted by molar-refractivity contribution is -0.131. The highest BCUT2D eigenvalue weighted by Crippen LogP contribution is 2.32. The van der Waals surface area contributed by atoms with Crippen molar-refractivity contribution in [1.82, 2.24) is 10.2 Å². The highest BCUT2D eigenvalue weighted by atomic mass is 16.2. The molecule has 1 heterocycles. The number of nitrogens with zero attached hydrogens (tertiary/aromatic N) is 1. The Morgan fingerprint density at radius 1 is 1.25 bits per heavy atom. The van der Waals surface area contributed by atoms with Crippen LogP contribution in [0.4, 0.5) is 4.79 Å². The first-order valence-electron chi connectivity index (χ1n) is 6.96. The summed E-state index contributed by atoms with van der Waals surface area (Å²) >= 11 is 0. The third-order valence-corrected chi connectivity index (χ3v) is 3.84. The zero-order valence-electron chi connectivity index (χ0n) is 12.0. The van der Waals surface area contributed by atoms with Gasteiger partial charge < -0.3 is 11.1 Å². The predicted molar refractivity (Wildman–Crippen MR) is 77.1 cm³/mol. The van der Waals surface area contributed by atoms with Crippen LogP contribution in [0.3, 0.4) is 0 Å². The Bertz CT molecular complexity index is 512. The number of hydrogen-bond donors (Lipinski definition) is 2. The van der Waals surface area contributed by atoms with Crippen molar-refractivity contribution >= 4 is 11.9 Å². The quantitative estimate of drug-likeness (QED) is 0.800. The lowest BCUT2D eigenvalue weighted by Crippen LogP contribution is -2.43. The number of urea groups is 1. The number of nitrogens with two attached hydrogens (primary N) is 1. The Labute approximate surface area is 119 Å². The summed E-state index contributed by atoms with van der Waals surface area (Å²) in [5, 5.41) is 2.86. The Kier molecular flexibility index (Phi) is 4.09. The summed E-state index contributed by atoms with van der Waals surface area (Å²) in [6, 6.07) is 7.39. The van der Waals surface area contributed by atoms with E-state index >= 15 is 0 Å². The van der Waals surface area contributed by atoms with Crippen molar-refractivity contribution in [3.8, 4) is 0 Å². The third kappa shape index (κ3) is 2.29. The van der Waals surface area contributed by atoms with E-state index in [1.54, 1.807) is 0 Å². The van der Waals surface area contributed by atoms with Crippen molar-refractivity contribution in [2.75, 3.05) is 13.1 Å². The van der Waals surface area contributed by atoms with Crippen LogP contribution in [0.2, 0.25) is 0 Å². The van der Waals surface area contributed by atoms with Gasteiger partial charge in [0.1, 0.15) is 5.54 Å². The molecule has 0 spiro atoms. The summed E-state index contributed by atoms with van der Waals surface area (Å²) in [6.07, 6.45) is 1.15. The van der Waals surface area contributed by atoms with Crippen LogP contribution in [0.15, 0.2) is 24.3 Å². The second kappa shape index (κ2) is 5.63. The molecule has 1 aromatic carbocycles. The summed E-state index contributed by atoms with van der Waals surface area (Å²) < 4.78 is 0. The first-order valence-corrected chi connectivity index (χ1v) is 6.96. The first-order chi connectivity index (χ1) is 9.55. The van der Waals surface area contributed by atoms with Crippen LogP contribution in [0, 0.1) is 6.92 Å². The molecule has 0 saturated carbocycles. The molecule has 2 rings (SSSR count). The van der Waals surface area contributed by atoms with E-state index in [1.807, 2.05) is 38.1 Å². The monoisotopic (exact) mass is 275 g/mol. The zero-order valence-corrected chi connectivity index (χ0v) is 12.0. The largest absolute Gasteiger partial charge is 0.330 e. The summed E-state index contributed by atoms with van der Waals surface area (Å²) in [6.45, 7) is 4.73. The molecule has 1 atom stereocenters. The number of aryl methyl sites for hydroxylation is 1. The molecule has 0 aliphatic carbocycles. The van der Waals surface area contributed by atoms with Gasteiger partial charge in [-0.1, -0.05) is 36.8 Å².